The molecule has 0 saturated carbocycles. The third-order valence-corrected chi connectivity index (χ3v) is 5.63. The van der Waals surface area contributed by atoms with Crippen LogP contribution >= 0.6 is 11.6 Å². The highest BCUT2D eigenvalue weighted by Gasteiger charge is 2.31. The van der Waals surface area contributed by atoms with E-state index in [0.717, 1.165) is 33.8 Å². The molecule has 4 aromatic heterocycles. The fourth-order valence-corrected chi connectivity index (χ4v) is 3.73. The molecule has 0 unspecified atom stereocenters. The molecule has 7 nitrogen and oxygen atoms in total. The molecule has 0 aliphatic carbocycles. The van der Waals surface area contributed by atoms with Crippen molar-refractivity contribution in [3.63, 3.8) is 0 Å². The minimum Gasteiger partial charge on any atom is -0.393 e. The number of H-pyrrole nitrogens is 1. The molecule has 0 aliphatic heterocycles. The number of allylic oxidation sites excluding steroid dienone is 1. The predicted octanol–water partition coefficient (Wildman–Crippen LogP) is 5.44. The molecule has 0 saturated heterocycles. The highest BCUT2D eigenvalue weighted by atomic mass is 35.5. The molecule has 0 atom stereocenters. The summed E-state index contributed by atoms with van der Waals surface area (Å²) in [5.74, 6) is 0.495. The van der Waals surface area contributed by atoms with Gasteiger partial charge in [0.2, 0.25) is 0 Å². The van der Waals surface area contributed by atoms with Crippen molar-refractivity contribution in [3.05, 3.63) is 88.2 Å². The summed E-state index contributed by atoms with van der Waals surface area (Å²) in [6.07, 6.45) is 3.79. The van der Waals surface area contributed by atoms with Crippen molar-refractivity contribution in [2.75, 3.05) is 12.4 Å². The van der Waals surface area contributed by atoms with Gasteiger partial charge in [0.25, 0.3) is 0 Å². The number of anilines is 1. The quantitative estimate of drug-likeness (QED) is 0.191. The third kappa shape index (κ3) is 5.60. The smallest absolute Gasteiger partial charge is 0.393 e. The van der Waals surface area contributed by atoms with Crippen LogP contribution in [0.3, 0.4) is 0 Å². The summed E-state index contributed by atoms with van der Waals surface area (Å²) in [7, 11) is 1.77. The van der Waals surface area contributed by atoms with Gasteiger partial charge in [-0.15, -0.1) is 0 Å². The number of nitrogens with zero attached hydrogens (tertiary/aromatic N) is 3. The van der Waals surface area contributed by atoms with E-state index >= 15 is 0 Å². The summed E-state index contributed by atoms with van der Waals surface area (Å²) in [4.78, 5) is 15.4. The van der Waals surface area contributed by atoms with Crippen molar-refractivity contribution in [2.45, 2.75) is 19.1 Å². The van der Waals surface area contributed by atoms with Crippen molar-refractivity contribution < 1.29 is 13.2 Å². The second kappa shape index (κ2) is 10.1. The Morgan fingerprint density at radius 1 is 1.14 bits per heavy atom. The van der Waals surface area contributed by atoms with Crippen LogP contribution in [0.5, 0.6) is 0 Å². The number of nitrogens with one attached hydrogen (secondary N) is 4. The Balaban J connectivity index is 1.48. The number of hydrogen-bond donors (Lipinski definition) is 4. The molecule has 4 heterocycles. The maximum atomic E-state index is 12.7. The lowest BCUT2D eigenvalue weighted by Crippen LogP contribution is -2.09. The van der Waals surface area contributed by atoms with Crippen LogP contribution in [0.25, 0.3) is 16.6 Å². The Hall–Kier alpha value is -3.92. The molecule has 4 N–H and O–H groups in total. The average molecular weight is 500 g/mol. The molecule has 0 amide bonds. The van der Waals surface area contributed by atoms with Gasteiger partial charge in [-0.1, -0.05) is 23.7 Å². The van der Waals surface area contributed by atoms with Crippen LogP contribution in [0.1, 0.15) is 27.9 Å². The van der Waals surface area contributed by atoms with Gasteiger partial charge in [-0.05, 0) is 34.9 Å². The van der Waals surface area contributed by atoms with Gasteiger partial charge in [-0.2, -0.15) is 13.2 Å². The Morgan fingerprint density at radius 2 is 1.97 bits per heavy atom. The van der Waals surface area contributed by atoms with Crippen LogP contribution in [0.4, 0.5) is 19.0 Å². The van der Waals surface area contributed by atoms with E-state index in [4.69, 9.17) is 17.0 Å². The Morgan fingerprint density at radius 3 is 2.63 bits per heavy atom. The topological polar surface area (TPSA) is 102 Å². The molecule has 0 aliphatic rings. The normalized spacial score (nSPS) is 12.1. The van der Waals surface area contributed by atoms with Crippen molar-refractivity contribution in [3.8, 4) is 0 Å². The first-order chi connectivity index (χ1) is 16.8. The van der Waals surface area contributed by atoms with E-state index in [2.05, 4.69) is 30.6 Å². The molecule has 0 bridgehead atoms. The molecular formula is C24H21ClF3N7. The Bertz CT molecular complexity index is 1380. The van der Waals surface area contributed by atoms with E-state index in [0.29, 0.717) is 28.5 Å². The van der Waals surface area contributed by atoms with E-state index < -0.39 is 11.9 Å². The van der Waals surface area contributed by atoms with Crippen LogP contribution < -0.4 is 10.6 Å². The number of alkyl halides is 3. The first-order valence-electron chi connectivity index (χ1n) is 10.5. The van der Waals surface area contributed by atoms with Gasteiger partial charge in [-0.3, -0.25) is 4.98 Å². The molecular weight excluding hydrogens is 479 g/mol. The number of rotatable bonds is 8. The minimum absolute atomic E-state index is 0.250. The summed E-state index contributed by atoms with van der Waals surface area (Å²) >= 11 is 6.43. The Kier molecular flexibility index (Phi) is 7.02. The number of pyridine rings is 3. The third-order valence-electron chi connectivity index (χ3n) is 5.30. The summed E-state index contributed by atoms with van der Waals surface area (Å²) in [6, 6.07) is 7.90. The van der Waals surface area contributed by atoms with Crippen LogP contribution in [0, 0.1) is 5.41 Å². The Labute approximate surface area is 204 Å². The molecule has 35 heavy (non-hydrogen) atoms. The lowest BCUT2D eigenvalue weighted by molar-refractivity contribution is -0.141. The van der Waals surface area contributed by atoms with Crippen LogP contribution in [-0.2, 0) is 19.1 Å². The van der Waals surface area contributed by atoms with E-state index in [-0.39, 0.29) is 6.54 Å². The van der Waals surface area contributed by atoms with Crippen molar-refractivity contribution in [1.82, 2.24) is 25.3 Å². The molecule has 0 fully saturated rings. The fraction of sp³-hybridized carbons (Fsp3) is 0.167. The van der Waals surface area contributed by atoms with E-state index in [1.165, 1.54) is 18.5 Å². The number of aromatic nitrogens is 4. The van der Waals surface area contributed by atoms with Crippen LogP contribution in [0.2, 0.25) is 5.15 Å². The number of halogens is 4. The van der Waals surface area contributed by atoms with Crippen molar-refractivity contribution in [2.24, 2.45) is 0 Å². The maximum absolute atomic E-state index is 12.7. The number of hydrogen-bond acceptors (Lipinski definition) is 6. The van der Waals surface area contributed by atoms with Gasteiger partial charge in [0, 0.05) is 67.5 Å². The van der Waals surface area contributed by atoms with Gasteiger partial charge in [0.15, 0.2) is 0 Å². The highest BCUT2D eigenvalue weighted by Crippen LogP contribution is 2.28. The summed E-state index contributed by atoms with van der Waals surface area (Å²) < 4.78 is 38.0. The van der Waals surface area contributed by atoms with Crippen LogP contribution in [-0.4, -0.2) is 33.2 Å². The van der Waals surface area contributed by atoms with Gasteiger partial charge in [0.05, 0.1) is 0 Å². The van der Waals surface area contributed by atoms with Crippen LogP contribution in [0.15, 0.2) is 55.1 Å². The van der Waals surface area contributed by atoms with E-state index in [9.17, 15) is 13.2 Å². The zero-order chi connectivity index (χ0) is 25.0. The highest BCUT2D eigenvalue weighted by molar-refractivity contribution is 6.30. The van der Waals surface area contributed by atoms with Gasteiger partial charge in [0.1, 0.15) is 22.3 Å². The molecule has 4 aromatic rings. The fourth-order valence-electron chi connectivity index (χ4n) is 3.51. The zero-order valence-corrected chi connectivity index (χ0v) is 19.3. The van der Waals surface area contributed by atoms with E-state index in [1.54, 1.807) is 25.5 Å². The first kappa shape index (κ1) is 24.2. The van der Waals surface area contributed by atoms with Crippen molar-refractivity contribution in [1.29, 1.82) is 5.41 Å². The molecule has 0 spiro atoms. The zero-order valence-electron chi connectivity index (χ0n) is 18.5. The standard InChI is InChI=1S/C24H21ClF3N7/c1-30-11-18(8-29)16-7-19-17(13-34-23(19)33-12-16)6-15-3-5-21(35-22(15)25)32-10-14-2-4-20(31-9-14)24(26,27)28/h2-5,7-9,11-13,29-30H,6,10H2,1H3,(H,32,35)(H,33,34)/b18-11+,29-8?. The van der Waals surface area contributed by atoms with Gasteiger partial charge in [-0.25, -0.2) is 9.97 Å². The maximum Gasteiger partial charge on any atom is 0.433 e. The van der Waals surface area contributed by atoms with Gasteiger partial charge < -0.3 is 21.0 Å². The lowest BCUT2D eigenvalue weighted by atomic mass is 10.0. The van der Waals surface area contributed by atoms with Gasteiger partial charge >= 0.3 is 6.18 Å². The predicted molar refractivity (Wildman–Crippen MR) is 131 cm³/mol. The molecule has 0 aromatic carbocycles. The summed E-state index contributed by atoms with van der Waals surface area (Å²) in [5.41, 5.74) is 3.67. The lowest BCUT2D eigenvalue weighted by Gasteiger charge is -2.10. The second-order valence-corrected chi connectivity index (χ2v) is 8.05. The van der Waals surface area contributed by atoms with E-state index in [1.807, 2.05) is 18.3 Å². The number of aromatic amines is 1. The van der Waals surface area contributed by atoms with Crippen molar-refractivity contribution >= 4 is 40.2 Å². The average Bonchev–Trinajstić information content (AvgIpc) is 3.24. The number of fused-ring (bicyclic) bond motifs is 1. The molecule has 0 radical (unpaired) electrons. The second-order valence-electron chi connectivity index (χ2n) is 7.69. The first-order valence-corrected chi connectivity index (χ1v) is 10.9. The molecule has 4 rings (SSSR count). The molecule has 180 valence electrons. The summed E-state index contributed by atoms with van der Waals surface area (Å²) in [5, 5.41) is 14.8. The largest absolute Gasteiger partial charge is 0.433 e. The monoisotopic (exact) mass is 499 g/mol. The summed E-state index contributed by atoms with van der Waals surface area (Å²) in [6.45, 7) is 0.250. The minimum atomic E-state index is -4.47. The molecule has 11 heteroatoms. The SMILES string of the molecule is CN/C=C(\C=N)c1cnc2[nH]cc(Cc3ccc(NCc4ccc(C(F)(F)F)nc4)nc3Cl)c2c1.